The van der Waals surface area contributed by atoms with Crippen LogP contribution in [-0.2, 0) is 0 Å². The molecule has 6 nitrogen and oxygen atoms in total. The Morgan fingerprint density at radius 2 is 1.50 bits per heavy atom. The number of hydrogen-bond donors (Lipinski definition) is 3. The minimum Gasteiger partial charge on any atom is -0.373 e. The number of anilines is 4. The second kappa shape index (κ2) is 7.23. The lowest BCUT2D eigenvalue weighted by Gasteiger charge is -2.10. The van der Waals surface area contributed by atoms with Crippen LogP contribution in [0.5, 0.6) is 0 Å². The molecule has 120 valence electrons. The van der Waals surface area contributed by atoms with Crippen LogP contribution in [0.2, 0.25) is 0 Å². The molecule has 0 spiro atoms. The first-order valence-electron chi connectivity index (χ1n) is 7.50. The molecule has 1 amide bonds. The molecule has 2 aromatic carbocycles. The van der Waals surface area contributed by atoms with E-state index in [2.05, 4.69) is 25.9 Å². The van der Waals surface area contributed by atoms with Gasteiger partial charge in [0.05, 0.1) is 0 Å². The average Bonchev–Trinajstić information content (AvgIpc) is 2.63. The van der Waals surface area contributed by atoms with Crippen molar-refractivity contribution in [3.8, 4) is 0 Å². The molecule has 24 heavy (non-hydrogen) atoms. The normalized spacial score (nSPS) is 10.0. The van der Waals surface area contributed by atoms with E-state index in [1.807, 2.05) is 48.5 Å². The topological polar surface area (TPSA) is 78.9 Å². The number of carbonyl (C=O) groups is 1. The first kappa shape index (κ1) is 15.5. The molecular weight excluding hydrogens is 302 g/mol. The van der Waals surface area contributed by atoms with Gasteiger partial charge >= 0.3 is 0 Å². The first-order valence-corrected chi connectivity index (χ1v) is 7.50. The fourth-order valence-electron chi connectivity index (χ4n) is 2.13. The quantitative estimate of drug-likeness (QED) is 0.670. The number of nitrogens with zero attached hydrogens (tertiary/aromatic N) is 2. The lowest BCUT2D eigenvalue weighted by Crippen LogP contribution is -2.15. The summed E-state index contributed by atoms with van der Waals surface area (Å²) in [5, 5.41) is 8.87. The molecule has 0 bridgehead atoms. The number of hydrogen-bond acceptors (Lipinski definition) is 5. The van der Waals surface area contributed by atoms with Gasteiger partial charge in [-0.25, -0.2) is 0 Å². The Morgan fingerprint density at radius 3 is 2.17 bits per heavy atom. The molecule has 0 saturated heterocycles. The third kappa shape index (κ3) is 3.86. The van der Waals surface area contributed by atoms with Crippen molar-refractivity contribution in [3.05, 3.63) is 72.3 Å². The first-order chi connectivity index (χ1) is 11.7. The fourth-order valence-corrected chi connectivity index (χ4v) is 2.13. The van der Waals surface area contributed by atoms with Gasteiger partial charge in [-0.15, -0.1) is 0 Å². The molecule has 3 rings (SSSR count). The summed E-state index contributed by atoms with van der Waals surface area (Å²) in [5.74, 6) is 1.17. The second-order valence-corrected chi connectivity index (χ2v) is 5.02. The fraction of sp³-hybridized carbons (Fsp3) is 0.0556. The molecule has 0 radical (unpaired) electrons. The Kier molecular flexibility index (Phi) is 4.67. The number of benzene rings is 2. The van der Waals surface area contributed by atoms with Gasteiger partial charge in [-0.2, -0.15) is 9.97 Å². The van der Waals surface area contributed by atoms with E-state index in [9.17, 15) is 4.79 Å². The zero-order valence-electron chi connectivity index (χ0n) is 13.2. The number of nitrogens with one attached hydrogen (secondary N) is 3. The van der Waals surface area contributed by atoms with Crippen LogP contribution < -0.4 is 16.0 Å². The summed E-state index contributed by atoms with van der Waals surface area (Å²) in [6.45, 7) is 0. The van der Waals surface area contributed by atoms with E-state index in [-0.39, 0.29) is 11.9 Å². The number of aromatic nitrogens is 2. The molecule has 6 heteroatoms. The van der Waals surface area contributed by atoms with E-state index in [1.165, 1.54) is 0 Å². The van der Waals surface area contributed by atoms with Crippen molar-refractivity contribution in [1.29, 1.82) is 0 Å². The predicted molar refractivity (Wildman–Crippen MR) is 95.7 cm³/mol. The molecule has 3 N–H and O–H groups in total. The van der Waals surface area contributed by atoms with Gasteiger partial charge in [0.1, 0.15) is 11.6 Å². The lowest BCUT2D eigenvalue weighted by atomic mass is 10.2. The second-order valence-electron chi connectivity index (χ2n) is 5.02. The van der Waals surface area contributed by atoms with Crippen molar-refractivity contribution >= 4 is 29.2 Å². The van der Waals surface area contributed by atoms with E-state index < -0.39 is 0 Å². The van der Waals surface area contributed by atoms with Gasteiger partial charge < -0.3 is 10.6 Å². The Balaban J connectivity index is 1.82. The third-order valence-electron chi connectivity index (χ3n) is 3.29. The SMILES string of the molecule is CNc1cc(Nc2ccccc2)nc(NC(=O)c2ccccc2)n1. The number of rotatable bonds is 5. The molecule has 0 atom stereocenters. The Bertz CT molecular complexity index is 821. The minimum atomic E-state index is -0.255. The molecule has 3 aromatic rings. The highest BCUT2D eigenvalue weighted by molar-refractivity contribution is 6.03. The van der Waals surface area contributed by atoms with E-state index in [4.69, 9.17) is 0 Å². The van der Waals surface area contributed by atoms with Crippen LogP contribution in [0.25, 0.3) is 0 Å². The highest BCUT2D eigenvalue weighted by atomic mass is 16.1. The molecule has 0 aliphatic rings. The zero-order valence-corrected chi connectivity index (χ0v) is 13.2. The Labute approximate surface area is 140 Å². The molecule has 0 saturated carbocycles. The van der Waals surface area contributed by atoms with Gasteiger partial charge in [0.2, 0.25) is 5.95 Å². The van der Waals surface area contributed by atoms with E-state index in [0.29, 0.717) is 17.2 Å². The van der Waals surface area contributed by atoms with Crippen LogP contribution >= 0.6 is 0 Å². The van der Waals surface area contributed by atoms with Crippen molar-refractivity contribution in [2.24, 2.45) is 0 Å². The number of amides is 1. The van der Waals surface area contributed by atoms with Crippen LogP contribution in [0.15, 0.2) is 66.7 Å². The van der Waals surface area contributed by atoms with Gasteiger partial charge in [-0.1, -0.05) is 36.4 Å². The van der Waals surface area contributed by atoms with E-state index in [0.717, 1.165) is 5.69 Å². The van der Waals surface area contributed by atoms with Crippen LogP contribution in [0.1, 0.15) is 10.4 Å². The summed E-state index contributed by atoms with van der Waals surface area (Å²) in [7, 11) is 1.76. The molecule has 0 aliphatic carbocycles. The molecular formula is C18H17N5O. The number of para-hydroxylation sites is 1. The van der Waals surface area contributed by atoms with Gasteiger partial charge in [0.15, 0.2) is 0 Å². The van der Waals surface area contributed by atoms with Crippen LogP contribution in [0.3, 0.4) is 0 Å². The standard InChI is InChI=1S/C18H17N5O/c1-19-15-12-16(20-14-10-6-3-7-11-14)22-18(21-15)23-17(24)13-8-4-2-5-9-13/h2-12H,1H3,(H3,19,20,21,22,23,24). The summed E-state index contributed by atoms with van der Waals surface area (Å²) < 4.78 is 0. The van der Waals surface area contributed by atoms with Gasteiger partial charge in [0.25, 0.3) is 5.91 Å². The van der Waals surface area contributed by atoms with Crippen LogP contribution in [-0.4, -0.2) is 22.9 Å². The van der Waals surface area contributed by atoms with Crippen LogP contribution in [0.4, 0.5) is 23.3 Å². The highest BCUT2D eigenvalue weighted by Gasteiger charge is 2.10. The van der Waals surface area contributed by atoms with Crippen molar-refractivity contribution in [1.82, 2.24) is 9.97 Å². The highest BCUT2D eigenvalue weighted by Crippen LogP contribution is 2.19. The Morgan fingerprint density at radius 1 is 0.875 bits per heavy atom. The smallest absolute Gasteiger partial charge is 0.258 e. The maximum atomic E-state index is 12.3. The molecule has 1 aromatic heterocycles. The maximum Gasteiger partial charge on any atom is 0.258 e. The zero-order chi connectivity index (χ0) is 16.8. The molecule has 0 aliphatic heterocycles. The molecule has 0 fully saturated rings. The van der Waals surface area contributed by atoms with Gasteiger partial charge in [0, 0.05) is 24.4 Å². The lowest BCUT2D eigenvalue weighted by molar-refractivity contribution is 0.102. The van der Waals surface area contributed by atoms with Crippen molar-refractivity contribution in [2.75, 3.05) is 23.0 Å². The Hall–Kier alpha value is -3.41. The van der Waals surface area contributed by atoms with Crippen LogP contribution in [0, 0.1) is 0 Å². The number of carbonyl (C=O) groups excluding carboxylic acids is 1. The van der Waals surface area contributed by atoms with Gasteiger partial charge in [-0.3, -0.25) is 10.1 Å². The summed E-state index contributed by atoms with van der Waals surface area (Å²) in [6.07, 6.45) is 0. The average molecular weight is 319 g/mol. The molecule has 1 heterocycles. The monoisotopic (exact) mass is 319 g/mol. The largest absolute Gasteiger partial charge is 0.373 e. The molecule has 0 unspecified atom stereocenters. The van der Waals surface area contributed by atoms with Gasteiger partial charge in [-0.05, 0) is 24.3 Å². The minimum absolute atomic E-state index is 0.231. The van der Waals surface area contributed by atoms with Crippen molar-refractivity contribution in [3.63, 3.8) is 0 Å². The van der Waals surface area contributed by atoms with Crippen molar-refractivity contribution < 1.29 is 4.79 Å². The summed E-state index contributed by atoms with van der Waals surface area (Å²) in [4.78, 5) is 20.9. The van der Waals surface area contributed by atoms with E-state index >= 15 is 0 Å². The third-order valence-corrected chi connectivity index (χ3v) is 3.29. The summed E-state index contributed by atoms with van der Waals surface area (Å²) in [5.41, 5.74) is 1.45. The summed E-state index contributed by atoms with van der Waals surface area (Å²) >= 11 is 0. The van der Waals surface area contributed by atoms with E-state index in [1.54, 1.807) is 25.2 Å². The van der Waals surface area contributed by atoms with Crippen molar-refractivity contribution in [2.45, 2.75) is 0 Å². The predicted octanol–water partition coefficient (Wildman–Crippen LogP) is 3.51. The summed E-state index contributed by atoms with van der Waals surface area (Å²) in [6, 6.07) is 20.4. The maximum absolute atomic E-state index is 12.3.